The van der Waals surface area contributed by atoms with E-state index in [9.17, 15) is 0 Å². The number of hydrogen-bond donors (Lipinski definition) is 1. The summed E-state index contributed by atoms with van der Waals surface area (Å²) in [5, 5.41) is 3.65. The average Bonchev–Trinajstić information content (AvgIpc) is 3.21. The van der Waals surface area contributed by atoms with Crippen LogP contribution in [-0.4, -0.2) is 36.7 Å². The van der Waals surface area contributed by atoms with Crippen LogP contribution in [0.5, 0.6) is 0 Å². The van der Waals surface area contributed by atoms with E-state index in [1.54, 1.807) is 0 Å². The standard InChI is InChI=1S/C17H24N2O/c1-2-6-16-13(4-1)11-20-12-17(16)19(15-7-8-15)10-14-5-3-9-18-14/h1-2,4,6,14-15,17-18H,3,5,7-12H2. The summed E-state index contributed by atoms with van der Waals surface area (Å²) >= 11 is 0. The molecule has 0 radical (unpaired) electrons. The molecule has 1 aromatic rings. The third kappa shape index (κ3) is 2.50. The maximum Gasteiger partial charge on any atom is 0.0721 e. The van der Waals surface area contributed by atoms with Crippen LogP contribution in [0.2, 0.25) is 0 Å². The van der Waals surface area contributed by atoms with Gasteiger partial charge >= 0.3 is 0 Å². The van der Waals surface area contributed by atoms with Crippen LogP contribution < -0.4 is 5.32 Å². The van der Waals surface area contributed by atoms with Gasteiger partial charge in [-0.25, -0.2) is 0 Å². The van der Waals surface area contributed by atoms with Crippen molar-refractivity contribution >= 4 is 0 Å². The first-order chi connectivity index (χ1) is 9.92. The van der Waals surface area contributed by atoms with Gasteiger partial charge in [0.15, 0.2) is 0 Å². The molecule has 4 rings (SSSR count). The number of fused-ring (bicyclic) bond motifs is 1. The van der Waals surface area contributed by atoms with Gasteiger partial charge in [0.1, 0.15) is 0 Å². The van der Waals surface area contributed by atoms with Crippen LogP contribution >= 0.6 is 0 Å². The molecule has 0 aromatic heterocycles. The second kappa shape index (κ2) is 5.47. The molecule has 1 saturated heterocycles. The van der Waals surface area contributed by atoms with E-state index in [0.717, 1.165) is 19.3 Å². The molecule has 108 valence electrons. The van der Waals surface area contributed by atoms with E-state index in [1.165, 1.54) is 49.9 Å². The van der Waals surface area contributed by atoms with E-state index in [1.807, 2.05) is 0 Å². The number of nitrogens with zero attached hydrogens (tertiary/aromatic N) is 1. The molecule has 2 fully saturated rings. The highest BCUT2D eigenvalue weighted by Crippen LogP contribution is 2.38. The minimum atomic E-state index is 0.467. The van der Waals surface area contributed by atoms with Gasteiger partial charge in [0.05, 0.1) is 19.3 Å². The smallest absolute Gasteiger partial charge is 0.0721 e. The molecule has 2 aliphatic heterocycles. The SMILES string of the molecule is c1ccc2c(c1)COCC2N(CC1CCCN1)C1CC1. The molecule has 2 heterocycles. The third-order valence-corrected chi connectivity index (χ3v) is 4.96. The number of hydrogen-bond acceptors (Lipinski definition) is 3. The van der Waals surface area contributed by atoms with Crippen molar-refractivity contribution in [2.24, 2.45) is 0 Å². The van der Waals surface area contributed by atoms with Gasteiger partial charge in [-0.05, 0) is 43.4 Å². The lowest BCUT2D eigenvalue weighted by molar-refractivity contribution is 0.0254. The first-order valence-corrected chi connectivity index (χ1v) is 8.06. The highest BCUT2D eigenvalue weighted by atomic mass is 16.5. The van der Waals surface area contributed by atoms with E-state index < -0.39 is 0 Å². The average molecular weight is 272 g/mol. The van der Waals surface area contributed by atoms with E-state index >= 15 is 0 Å². The van der Waals surface area contributed by atoms with Gasteiger partial charge in [-0.2, -0.15) is 0 Å². The molecular formula is C17H24N2O. The summed E-state index contributed by atoms with van der Waals surface area (Å²) in [4.78, 5) is 2.72. The summed E-state index contributed by atoms with van der Waals surface area (Å²) in [5.41, 5.74) is 2.89. The fourth-order valence-electron chi connectivity index (χ4n) is 3.74. The fraction of sp³-hybridized carbons (Fsp3) is 0.647. The molecule has 20 heavy (non-hydrogen) atoms. The highest BCUT2D eigenvalue weighted by molar-refractivity contribution is 5.31. The van der Waals surface area contributed by atoms with Crippen molar-refractivity contribution < 1.29 is 4.74 Å². The van der Waals surface area contributed by atoms with E-state index in [4.69, 9.17) is 4.74 Å². The normalized spacial score (nSPS) is 29.6. The Hall–Kier alpha value is -0.900. The van der Waals surface area contributed by atoms with Gasteiger partial charge in [0.2, 0.25) is 0 Å². The lowest BCUT2D eigenvalue weighted by Crippen LogP contribution is -2.43. The topological polar surface area (TPSA) is 24.5 Å². The van der Waals surface area contributed by atoms with Crippen LogP contribution in [0.25, 0.3) is 0 Å². The molecule has 1 aliphatic carbocycles. The van der Waals surface area contributed by atoms with Crippen molar-refractivity contribution in [3.8, 4) is 0 Å². The zero-order valence-electron chi connectivity index (χ0n) is 12.1. The van der Waals surface area contributed by atoms with Crippen LogP contribution in [0, 0.1) is 0 Å². The van der Waals surface area contributed by atoms with Crippen molar-refractivity contribution in [1.82, 2.24) is 10.2 Å². The molecule has 2 unspecified atom stereocenters. The largest absolute Gasteiger partial charge is 0.375 e. The molecule has 2 atom stereocenters. The Morgan fingerprint density at radius 3 is 2.90 bits per heavy atom. The van der Waals surface area contributed by atoms with Crippen molar-refractivity contribution in [2.45, 2.75) is 50.4 Å². The van der Waals surface area contributed by atoms with E-state index in [-0.39, 0.29) is 0 Å². The fourth-order valence-corrected chi connectivity index (χ4v) is 3.74. The van der Waals surface area contributed by atoms with E-state index in [2.05, 4.69) is 34.5 Å². The number of nitrogens with one attached hydrogen (secondary N) is 1. The van der Waals surface area contributed by atoms with E-state index in [0.29, 0.717) is 12.1 Å². The van der Waals surface area contributed by atoms with Gasteiger partial charge < -0.3 is 10.1 Å². The van der Waals surface area contributed by atoms with Gasteiger partial charge in [0.25, 0.3) is 0 Å². The van der Waals surface area contributed by atoms with Gasteiger partial charge in [0, 0.05) is 18.6 Å². The van der Waals surface area contributed by atoms with Crippen molar-refractivity contribution in [3.05, 3.63) is 35.4 Å². The van der Waals surface area contributed by atoms with Crippen LogP contribution in [0.15, 0.2) is 24.3 Å². The second-order valence-corrected chi connectivity index (χ2v) is 6.45. The summed E-state index contributed by atoms with van der Waals surface area (Å²) < 4.78 is 5.87. The molecule has 1 saturated carbocycles. The summed E-state index contributed by atoms with van der Waals surface area (Å²) in [5.74, 6) is 0. The summed E-state index contributed by atoms with van der Waals surface area (Å²) in [7, 11) is 0. The Balaban J connectivity index is 1.57. The van der Waals surface area contributed by atoms with Gasteiger partial charge in [-0.15, -0.1) is 0 Å². The molecular weight excluding hydrogens is 248 g/mol. The lowest BCUT2D eigenvalue weighted by atomic mass is 9.97. The lowest BCUT2D eigenvalue weighted by Gasteiger charge is -2.37. The Kier molecular flexibility index (Phi) is 3.51. The molecule has 3 aliphatic rings. The number of ether oxygens (including phenoxy) is 1. The van der Waals surface area contributed by atoms with Gasteiger partial charge in [-0.1, -0.05) is 24.3 Å². The third-order valence-electron chi connectivity index (χ3n) is 4.96. The quantitative estimate of drug-likeness (QED) is 0.911. The van der Waals surface area contributed by atoms with Crippen LogP contribution in [-0.2, 0) is 11.3 Å². The molecule has 3 heteroatoms. The van der Waals surface area contributed by atoms with Gasteiger partial charge in [-0.3, -0.25) is 4.90 Å². The van der Waals surface area contributed by atoms with Crippen molar-refractivity contribution in [3.63, 3.8) is 0 Å². The Morgan fingerprint density at radius 1 is 1.20 bits per heavy atom. The molecule has 1 aromatic carbocycles. The molecule has 0 amide bonds. The van der Waals surface area contributed by atoms with Crippen LogP contribution in [0.3, 0.4) is 0 Å². The molecule has 0 spiro atoms. The zero-order chi connectivity index (χ0) is 13.4. The number of rotatable bonds is 4. The minimum absolute atomic E-state index is 0.467. The van der Waals surface area contributed by atoms with Crippen molar-refractivity contribution in [2.75, 3.05) is 19.7 Å². The summed E-state index contributed by atoms with van der Waals surface area (Å²) in [6.45, 7) is 4.03. The Bertz CT molecular complexity index is 466. The second-order valence-electron chi connectivity index (χ2n) is 6.45. The molecule has 0 bridgehead atoms. The molecule has 3 nitrogen and oxygen atoms in total. The maximum atomic E-state index is 5.87. The minimum Gasteiger partial charge on any atom is -0.375 e. The predicted octanol–water partition coefficient (Wildman–Crippen LogP) is 2.47. The zero-order valence-corrected chi connectivity index (χ0v) is 12.1. The monoisotopic (exact) mass is 272 g/mol. The highest BCUT2D eigenvalue weighted by Gasteiger charge is 2.38. The van der Waals surface area contributed by atoms with Crippen LogP contribution in [0.1, 0.15) is 42.9 Å². The molecule has 1 N–H and O–H groups in total. The first kappa shape index (κ1) is 12.8. The Morgan fingerprint density at radius 2 is 2.10 bits per heavy atom. The first-order valence-electron chi connectivity index (χ1n) is 8.06. The van der Waals surface area contributed by atoms with Crippen LogP contribution in [0.4, 0.5) is 0 Å². The summed E-state index contributed by atoms with van der Waals surface area (Å²) in [6, 6.07) is 10.8. The predicted molar refractivity (Wildman–Crippen MR) is 79.6 cm³/mol. The number of benzene rings is 1. The Labute approximate surface area is 121 Å². The maximum absolute atomic E-state index is 5.87. The summed E-state index contributed by atoms with van der Waals surface area (Å²) in [6.07, 6.45) is 5.40. The van der Waals surface area contributed by atoms with Crippen molar-refractivity contribution in [1.29, 1.82) is 0 Å².